The third kappa shape index (κ3) is 3.77. The Balaban J connectivity index is 1.99. The molecule has 2 rings (SSSR count). The van der Waals surface area contributed by atoms with Gasteiger partial charge >= 0.3 is 0 Å². The minimum Gasteiger partial charge on any atom is -0.314 e. The van der Waals surface area contributed by atoms with E-state index >= 15 is 0 Å². The van der Waals surface area contributed by atoms with Gasteiger partial charge in [0.1, 0.15) is 0 Å². The number of amides is 1. The second-order valence-corrected chi connectivity index (χ2v) is 5.25. The molecule has 1 saturated heterocycles. The molecule has 0 aromatic heterocycles. The lowest BCUT2D eigenvalue weighted by atomic mass is 10.2. The van der Waals surface area contributed by atoms with E-state index in [0.717, 1.165) is 19.6 Å². The molecule has 21 heavy (non-hydrogen) atoms. The molecule has 0 spiro atoms. The van der Waals surface area contributed by atoms with Crippen molar-refractivity contribution in [3.63, 3.8) is 0 Å². The van der Waals surface area contributed by atoms with Crippen LogP contribution in [-0.4, -0.2) is 55.0 Å². The van der Waals surface area contributed by atoms with Gasteiger partial charge in [0, 0.05) is 50.5 Å². The largest absolute Gasteiger partial charge is 0.314 e. The maximum Gasteiger partial charge on any atom is 0.269 e. The summed E-state index contributed by atoms with van der Waals surface area (Å²) in [6, 6.07) is 6.33. The molecule has 1 heterocycles. The highest BCUT2D eigenvalue weighted by Gasteiger charge is 2.22. The van der Waals surface area contributed by atoms with Crippen LogP contribution in [0.25, 0.3) is 0 Å². The zero-order valence-electron chi connectivity index (χ0n) is 12.3. The van der Waals surface area contributed by atoms with Crippen molar-refractivity contribution in [2.45, 2.75) is 13.0 Å². The topological polar surface area (TPSA) is 78.7 Å². The Bertz CT molecular complexity index is 517. The number of rotatable bonds is 4. The molecule has 0 unspecified atom stereocenters. The van der Waals surface area contributed by atoms with E-state index in [-0.39, 0.29) is 11.6 Å². The van der Waals surface area contributed by atoms with Gasteiger partial charge in [0.2, 0.25) is 5.91 Å². The first kappa shape index (κ1) is 15.4. The van der Waals surface area contributed by atoms with E-state index in [1.54, 1.807) is 24.1 Å². The second-order valence-electron chi connectivity index (χ2n) is 5.25. The average Bonchev–Trinajstić information content (AvgIpc) is 2.49. The van der Waals surface area contributed by atoms with E-state index in [9.17, 15) is 14.9 Å². The van der Waals surface area contributed by atoms with Gasteiger partial charge in [-0.2, -0.15) is 0 Å². The maximum absolute atomic E-state index is 12.3. The van der Waals surface area contributed by atoms with Gasteiger partial charge in [0.25, 0.3) is 5.69 Å². The van der Waals surface area contributed by atoms with Crippen molar-refractivity contribution < 1.29 is 9.72 Å². The molecule has 0 radical (unpaired) electrons. The summed E-state index contributed by atoms with van der Waals surface area (Å²) in [6.07, 6.45) is 0. The van der Waals surface area contributed by atoms with E-state index in [1.165, 1.54) is 12.1 Å². The number of likely N-dealkylation sites (N-methyl/N-ethyl adjacent to an activating group) is 1. The molecule has 1 aromatic carbocycles. The SMILES string of the molecule is C[C@@H]1CNCCN1CC(=O)N(C)c1ccc([N+](=O)[O-])cc1. The Labute approximate surface area is 123 Å². The standard InChI is InChI=1S/C14H20N4O3/c1-11-9-15-7-8-17(11)10-14(19)16(2)12-3-5-13(6-4-12)18(20)21/h3-6,11,15H,7-10H2,1-2H3/t11-/m1/s1. The first-order valence-electron chi connectivity index (χ1n) is 6.95. The molecule has 1 N–H and O–H groups in total. The predicted molar refractivity (Wildman–Crippen MR) is 80.4 cm³/mol. The molecule has 1 amide bonds. The molecular weight excluding hydrogens is 272 g/mol. The highest BCUT2D eigenvalue weighted by atomic mass is 16.6. The van der Waals surface area contributed by atoms with Crippen molar-refractivity contribution in [2.75, 3.05) is 38.1 Å². The van der Waals surface area contributed by atoms with Crippen LogP contribution in [0.15, 0.2) is 24.3 Å². The lowest BCUT2D eigenvalue weighted by Gasteiger charge is -2.34. The number of nitro groups is 1. The Morgan fingerprint density at radius 3 is 2.71 bits per heavy atom. The smallest absolute Gasteiger partial charge is 0.269 e. The molecule has 1 fully saturated rings. The normalized spacial score (nSPS) is 19.2. The number of benzene rings is 1. The molecule has 0 aliphatic carbocycles. The van der Waals surface area contributed by atoms with Crippen LogP contribution >= 0.6 is 0 Å². The van der Waals surface area contributed by atoms with Crippen molar-refractivity contribution in [3.05, 3.63) is 34.4 Å². The molecule has 114 valence electrons. The Morgan fingerprint density at radius 2 is 2.14 bits per heavy atom. The summed E-state index contributed by atoms with van der Waals surface area (Å²) in [4.78, 5) is 26.2. The van der Waals surface area contributed by atoms with Crippen LogP contribution < -0.4 is 10.2 Å². The number of nitro benzene ring substituents is 1. The van der Waals surface area contributed by atoms with E-state index in [2.05, 4.69) is 17.1 Å². The number of nitrogens with zero attached hydrogens (tertiary/aromatic N) is 3. The van der Waals surface area contributed by atoms with E-state index in [0.29, 0.717) is 18.3 Å². The fourth-order valence-corrected chi connectivity index (χ4v) is 2.34. The predicted octanol–water partition coefficient (Wildman–Crippen LogP) is 0.851. The quantitative estimate of drug-likeness (QED) is 0.657. The zero-order chi connectivity index (χ0) is 15.4. The molecule has 1 aromatic rings. The van der Waals surface area contributed by atoms with Crippen molar-refractivity contribution in [1.29, 1.82) is 0 Å². The summed E-state index contributed by atoms with van der Waals surface area (Å²) in [5.74, 6) is -0.0161. The molecule has 1 atom stereocenters. The molecular formula is C14H20N4O3. The lowest BCUT2D eigenvalue weighted by molar-refractivity contribution is -0.384. The summed E-state index contributed by atoms with van der Waals surface area (Å²) in [6.45, 7) is 5.07. The van der Waals surface area contributed by atoms with Crippen molar-refractivity contribution in [2.24, 2.45) is 0 Å². The van der Waals surface area contributed by atoms with E-state index in [1.807, 2.05) is 0 Å². The fraction of sp³-hybridized carbons (Fsp3) is 0.500. The van der Waals surface area contributed by atoms with Crippen molar-refractivity contribution >= 4 is 17.3 Å². The van der Waals surface area contributed by atoms with Gasteiger partial charge in [-0.05, 0) is 19.1 Å². The molecule has 7 nitrogen and oxygen atoms in total. The number of non-ortho nitro benzene ring substituents is 1. The molecule has 7 heteroatoms. The first-order valence-corrected chi connectivity index (χ1v) is 6.95. The minimum absolute atomic E-state index is 0.0161. The summed E-state index contributed by atoms with van der Waals surface area (Å²) in [5, 5.41) is 13.9. The number of carbonyl (C=O) groups excluding carboxylic acids is 1. The van der Waals surface area contributed by atoms with Gasteiger partial charge in [0.15, 0.2) is 0 Å². The van der Waals surface area contributed by atoms with E-state index in [4.69, 9.17) is 0 Å². The number of hydrogen-bond donors (Lipinski definition) is 1. The second kappa shape index (κ2) is 6.64. The number of nitrogens with one attached hydrogen (secondary N) is 1. The lowest BCUT2D eigenvalue weighted by Crippen LogP contribution is -2.52. The highest BCUT2D eigenvalue weighted by molar-refractivity contribution is 5.94. The highest BCUT2D eigenvalue weighted by Crippen LogP contribution is 2.18. The van der Waals surface area contributed by atoms with Crippen LogP contribution in [0, 0.1) is 10.1 Å². The number of anilines is 1. The fourth-order valence-electron chi connectivity index (χ4n) is 2.34. The summed E-state index contributed by atoms with van der Waals surface area (Å²) < 4.78 is 0. The van der Waals surface area contributed by atoms with Crippen LogP contribution in [0.2, 0.25) is 0 Å². The summed E-state index contributed by atoms with van der Waals surface area (Å²) in [5.41, 5.74) is 0.684. The molecule has 1 aliphatic rings. The van der Waals surface area contributed by atoms with Gasteiger partial charge in [-0.15, -0.1) is 0 Å². The first-order chi connectivity index (χ1) is 9.99. The summed E-state index contributed by atoms with van der Waals surface area (Å²) >= 11 is 0. The summed E-state index contributed by atoms with van der Waals surface area (Å²) in [7, 11) is 1.69. The zero-order valence-corrected chi connectivity index (χ0v) is 12.3. The Hall–Kier alpha value is -1.99. The average molecular weight is 292 g/mol. The van der Waals surface area contributed by atoms with Crippen LogP contribution in [-0.2, 0) is 4.79 Å². The number of piperazine rings is 1. The van der Waals surface area contributed by atoms with Gasteiger partial charge < -0.3 is 10.2 Å². The van der Waals surface area contributed by atoms with Gasteiger partial charge in [-0.25, -0.2) is 0 Å². The number of carbonyl (C=O) groups is 1. The minimum atomic E-state index is -0.450. The van der Waals surface area contributed by atoms with Gasteiger partial charge in [0.05, 0.1) is 11.5 Å². The monoisotopic (exact) mass is 292 g/mol. The van der Waals surface area contributed by atoms with Crippen LogP contribution in [0.4, 0.5) is 11.4 Å². The van der Waals surface area contributed by atoms with Gasteiger partial charge in [-0.3, -0.25) is 19.8 Å². The molecule has 0 saturated carbocycles. The van der Waals surface area contributed by atoms with Gasteiger partial charge in [-0.1, -0.05) is 0 Å². The van der Waals surface area contributed by atoms with Crippen LogP contribution in [0.1, 0.15) is 6.92 Å². The van der Waals surface area contributed by atoms with Crippen LogP contribution in [0.3, 0.4) is 0 Å². The third-order valence-corrected chi connectivity index (χ3v) is 3.80. The Kier molecular flexibility index (Phi) is 4.87. The Morgan fingerprint density at radius 1 is 1.48 bits per heavy atom. The molecule has 0 bridgehead atoms. The number of hydrogen-bond acceptors (Lipinski definition) is 5. The molecule has 1 aliphatic heterocycles. The van der Waals surface area contributed by atoms with Crippen molar-refractivity contribution in [3.8, 4) is 0 Å². The van der Waals surface area contributed by atoms with Crippen molar-refractivity contribution in [1.82, 2.24) is 10.2 Å². The maximum atomic E-state index is 12.3. The van der Waals surface area contributed by atoms with Crippen LogP contribution in [0.5, 0.6) is 0 Å². The third-order valence-electron chi connectivity index (χ3n) is 3.80. The van der Waals surface area contributed by atoms with E-state index < -0.39 is 4.92 Å².